The molecule has 0 radical (unpaired) electrons. The van der Waals surface area contributed by atoms with E-state index in [0.29, 0.717) is 31.6 Å². The van der Waals surface area contributed by atoms with E-state index >= 15 is 0 Å². The van der Waals surface area contributed by atoms with Gasteiger partial charge in [-0.05, 0) is 13.3 Å². The molecule has 1 saturated heterocycles. The van der Waals surface area contributed by atoms with Gasteiger partial charge in [0.25, 0.3) is 0 Å². The van der Waals surface area contributed by atoms with Crippen LogP contribution in [0.4, 0.5) is 0 Å². The van der Waals surface area contributed by atoms with Crippen LogP contribution in [0.3, 0.4) is 0 Å². The lowest BCUT2D eigenvalue weighted by molar-refractivity contribution is -0.0827. The maximum atomic E-state index is 9.16. The van der Waals surface area contributed by atoms with Gasteiger partial charge in [-0.1, -0.05) is 18.5 Å². The Bertz CT molecular complexity index is 383. The van der Waals surface area contributed by atoms with Crippen LogP contribution in [0.2, 0.25) is 0 Å². The van der Waals surface area contributed by atoms with E-state index in [9.17, 15) is 0 Å². The summed E-state index contributed by atoms with van der Waals surface area (Å²) in [5.74, 6) is 1.44. The molecule has 2 atom stereocenters. The number of unbranched alkanes of at least 4 members (excludes halogenated alkanes) is 1. The first-order valence-electron chi connectivity index (χ1n) is 7.01. The lowest BCUT2D eigenvalue weighted by atomic mass is 10.2. The molecule has 0 amide bonds. The molecule has 1 aromatic heterocycles. The van der Waals surface area contributed by atoms with Crippen LogP contribution in [0.1, 0.15) is 38.4 Å². The van der Waals surface area contributed by atoms with E-state index in [1.807, 2.05) is 0 Å². The molecular formula is C13H23N3O3. The number of aliphatic hydroxyl groups is 1. The number of rotatable bonds is 6. The number of hydrogen-bond donors (Lipinski definition) is 1. The predicted molar refractivity (Wildman–Crippen MR) is 69.6 cm³/mol. The third-order valence-electron chi connectivity index (χ3n) is 3.44. The average molecular weight is 269 g/mol. The Hall–Kier alpha value is -0.980. The van der Waals surface area contributed by atoms with E-state index < -0.39 is 0 Å². The van der Waals surface area contributed by atoms with Crippen molar-refractivity contribution in [1.82, 2.24) is 15.0 Å². The largest absolute Gasteiger partial charge is 0.394 e. The van der Waals surface area contributed by atoms with Crippen molar-refractivity contribution < 1.29 is 14.4 Å². The SMILES string of the molecule is CCCCc1noc(CN2CC(CO)OCC2C)n1. The van der Waals surface area contributed by atoms with Crippen LogP contribution in [0.5, 0.6) is 0 Å². The minimum atomic E-state index is -0.112. The summed E-state index contributed by atoms with van der Waals surface area (Å²) in [4.78, 5) is 6.61. The molecule has 6 nitrogen and oxygen atoms in total. The summed E-state index contributed by atoms with van der Waals surface area (Å²) in [5.41, 5.74) is 0. The fourth-order valence-electron chi connectivity index (χ4n) is 2.17. The molecule has 2 unspecified atom stereocenters. The molecule has 2 heterocycles. The summed E-state index contributed by atoms with van der Waals surface area (Å²) in [7, 11) is 0. The second kappa shape index (κ2) is 6.98. The standard InChI is InChI=1S/C13H23N3O3/c1-3-4-5-12-14-13(19-15-12)7-16-6-11(8-17)18-9-10(16)2/h10-11,17H,3-9H2,1-2H3. The fraction of sp³-hybridized carbons (Fsp3) is 0.846. The molecule has 1 aromatic rings. The van der Waals surface area contributed by atoms with Crippen LogP contribution in [0.25, 0.3) is 0 Å². The maximum Gasteiger partial charge on any atom is 0.240 e. The topological polar surface area (TPSA) is 71.6 Å². The van der Waals surface area contributed by atoms with Crippen molar-refractivity contribution in [1.29, 1.82) is 0 Å². The van der Waals surface area contributed by atoms with Crippen molar-refractivity contribution in [2.24, 2.45) is 0 Å². The first-order valence-corrected chi connectivity index (χ1v) is 7.01. The molecule has 6 heteroatoms. The van der Waals surface area contributed by atoms with Gasteiger partial charge in [-0.2, -0.15) is 4.98 Å². The molecule has 0 aromatic carbocycles. The summed E-state index contributed by atoms with van der Waals surface area (Å²) >= 11 is 0. The zero-order chi connectivity index (χ0) is 13.7. The molecule has 1 aliphatic rings. The summed E-state index contributed by atoms with van der Waals surface area (Å²) < 4.78 is 10.8. The molecule has 0 saturated carbocycles. The molecule has 1 aliphatic heterocycles. The Balaban J connectivity index is 1.90. The van der Waals surface area contributed by atoms with Crippen LogP contribution in [0.15, 0.2) is 4.52 Å². The third kappa shape index (κ3) is 3.99. The average Bonchev–Trinajstić information content (AvgIpc) is 2.86. The minimum absolute atomic E-state index is 0.0504. The Morgan fingerprint density at radius 2 is 2.32 bits per heavy atom. The molecular weight excluding hydrogens is 246 g/mol. The number of nitrogens with zero attached hydrogens (tertiary/aromatic N) is 3. The van der Waals surface area contributed by atoms with Gasteiger partial charge in [0.2, 0.25) is 5.89 Å². The van der Waals surface area contributed by atoms with Crippen LogP contribution >= 0.6 is 0 Å². The number of hydrogen-bond acceptors (Lipinski definition) is 6. The van der Waals surface area contributed by atoms with E-state index in [1.54, 1.807) is 0 Å². The summed E-state index contributed by atoms with van der Waals surface area (Å²) in [6.45, 7) is 6.24. The summed E-state index contributed by atoms with van der Waals surface area (Å²) in [6, 6.07) is 0.300. The van der Waals surface area contributed by atoms with E-state index in [1.165, 1.54) is 0 Å². The third-order valence-corrected chi connectivity index (χ3v) is 3.44. The number of morpholine rings is 1. The normalized spacial score (nSPS) is 24.8. The Labute approximate surface area is 113 Å². The van der Waals surface area contributed by atoms with Gasteiger partial charge in [0.05, 0.1) is 25.9 Å². The molecule has 2 rings (SSSR count). The first kappa shape index (κ1) is 14.4. The Morgan fingerprint density at radius 1 is 1.47 bits per heavy atom. The molecule has 0 aliphatic carbocycles. The van der Waals surface area contributed by atoms with Crippen molar-refractivity contribution >= 4 is 0 Å². The van der Waals surface area contributed by atoms with E-state index in [2.05, 4.69) is 28.9 Å². The number of aromatic nitrogens is 2. The molecule has 1 fully saturated rings. The van der Waals surface area contributed by atoms with Crippen LogP contribution in [-0.2, 0) is 17.7 Å². The Morgan fingerprint density at radius 3 is 3.05 bits per heavy atom. The lowest BCUT2D eigenvalue weighted by Gasteiger charge is -2.36. The monoisotopic (exact) mass is 269 g/mol. The van der Waals surface area contributed by atoms with Crippen molar-refractivity contribution in [3.8, 4) is 0 Å². The van der Waals surface area contributed by atoms with Gasteiger partial charge >= 0.3 is 0 Å². The highest BCUT2D eigenvalue weighted by Crippen LogP contribution is 2.15. The number of ether oxygens (including phenoxy) is 1. The maximum absolute atomic E-state index is 9.16. The van der Waals surface area contributed by atoms with Crippen molar-refractivity contribution in [2.45, 2.75) is 51.8 Å². The van der Waals surface area contributed by atoms with Crippen molar-refractivity contribution in [2.75, 3.05) is 19.8 Å². The molecule has 0 spiro atoms. The minimum Gasteiger partial charge on any atom is -0.394 e. The second-order valence-corrected chi connectivity index (χ2v) is 5.12. The predicted octanol–water partition coefficient (Wildman–Crippen LogP) is 0.994. The van der Waals surface area contributed by atoms with Gasteiger partial charge in [-0.25, -0.2) is 0 Å². The highest BCUT2D eigenvalue weighted by Gasteiger charge is 2.27. The van der Waals surface area contributed by atoms with Crippen molar-refractivity contribution in [3.63, 3.8) is 0 Å². The van der Waals surface area contributed by atoms with Crippen LogP contribution in [-0.4, -0.2) is 52.1 Å². The van der Waals surface area contributed by atoms with Gasteiger partial charge in [-0.15, -0.1) is 0 Å². The quantitative estimate of drug-likeness (QED) is 0.830. The highest BCUT2D eigenvalue weighted by atomic mass is 16.5. The number of aliphatic hydroxyl groups excluding tert-OH is 1. The summed E-state index contributed by atoms with van der Waals surface area (Å²) in [6.07, 6.45) is 2.97. The van der Waals surface area contributed by atoms with Gasteiger partial charge in [0.1, 0.15) is 0 Å². The van der Waals surface area contributed by atoms with E-state index in [4.69, 9.17) is 14.4 Å². The second-order valence-electron chi connectivity index (χ2n) is 5.12. The van der Waals surface area contributed by atoms with Crippen molar-refractivity contribution in [3.05, 3.63) is 11.7 Å². The van der Waals surface area contributed by atoms with Gasteiger partial charge in [0, 0.05) is 19.0 Å². The fourth-order valence-corrected chi connectivity index (χ4v) is 2.17. The van der Waals surface area contributed by atoms with Crippen LogP contribution < -0.4 is 0 Å². The van der Waals surface area contributed by atoms with Gasteiger partial charge in [0.15, 0.2) is 5.82 Å². The molecule has 0 bridgehead atoms. The zero-order valence-corrected chi connectivity index (χ0v) is 11.7. The van der Waals surface area contributed by atoms with E-state index in [-0.39, 0.29) is 12.7 Å². The first-order chi connectivity index (χ1) is 9.22. The smallest absolute Gasteiger partial charge is 0.240 e. The zero-order valence-electron chi connectivity index (χ0n) is 11.7. The van der Waals surface area contributed by atoms with Gasteiger partial charge < -0.3 is 14.4 Å². The Kier molecular flexibility index (Phi) is 5.30. The molecule has 19 heavy (non-hydrogen) atoms. The van der Waals surface area contributed by atoms with Crippen LogP contribution in [0, 0.1) is 0 Å². The number of aryl methyl sites for hydroxylation is 1. The molecule has 108 valence electrons. The van der Waals surface area contributed by atoms with E-state index in [0.717, 1.165) is 25.1 Å². The molecule has 1 N–H and O–H groups in total. The highest BCUT2D eigenvalue weighted by molar-refractivity contribution is 4.88. The lowest BCUT2D eigenvalue weighted by Crippen LogP contribution is -2.48. The van der Waals surface area contributed by atoms with Gasteiger partial charge in [-0.3, -0.25) is 4.90 Å². The summed E-state index contributed by atoms with van der Waals surface area (Å²) in [5, 5.41) is 13.1.